The van der Waals surface area contributed by atoms with Gasteiger partial charge in [0.2, 0.25) is 0 Å². The molecule has 0 aromatic heterocycles. The largest absolute Gasteiger partial charge is 0.310 e. The van der Waals surface area contributed by atoms with Gasteiger partial charge in [-0.2, -0.15) is 0 Å². The van der Waals surface area contributed by atoms with Crippen molar-refractivity contribution >= 4 is 9.84 Å². The van der Waals surface area contributed by atoms with E-state index in [1.807, 2.05) is 13.0 Å². The van der Waals surface area contributed by atoms with Crippen molar-refractivity contribution in [3.8, 4) is 0 Å². The van der Waals surface area contributed by atoms with Gasteiger partial charge in [-0.05, 0) is 49.6 Å². The third kappa shape index (κ3) is 2.87. The number of rotatable bonds is 2. The van der Waals surface area contributed by atoms with Crippen molar-refractivity contribution in [1.29, 1.82) is 0 Å². The minimum Gasteiger partial charge on any atom is -0.310 e. The van der Waals surface area contributed by atoms with Gasteiger partial charge in [0.05, 0.1) is 4.90 Å². The molecule has 0 amide bonds. The summed E-state index contributed by atoms with van der Waals surface area (Å²) in [5, 5.41) is 3.48. The predicted octanol–water partition coefficient (Wildman–Crippen LogP) is 2.21. The molecule has 0 bridgehead atoms. The van der Waals surface area contributed by atoms with Gasteiger partial charge >= 0.3 is 0 Å². The average molecular weight is 253 g/mol. The van der Waals surface area contributed by atoms with E-state index >= 15 is 0 Å². The van der Waals surface area contributed by atoms with E-state index in [0.29, 0.717) is 10.9 Å². The number of benzene rings is 1. The standard InChI is InChI=1S/C13H19NO2S/c1-10-9-11(17(2,15)16)6-7-12(10)13-5-3-4-8-14-13/h6-7,9,13-14H,3-5,8H2,1-2H3. The lowest BCUT2D eigenvalue weighted by Gasteiger charge is -2.25. The van der Waals surface area contributed by atoms with E-state index in [4.69, 9.17) is 0 Å². The minimum atomic E-state index is -3.09. The zero-order valence-corrected chi connectivity index (χ0v) is 11.2. The van der Waals surface area contributed by atoms with Crippen molar-refractivity contribution in [2.75, 3.05) is 12.8 Å². The molecular weight excluding hydrogens is 234 g/mol. The van der Waals surface area contributed by atoms with Gasteiger partial charge in [0.25, 0.3) is 0 Å². The first-order valence-electron chi connectivity index (χ1n) is 6.02. The number of hydrogen-bond donors (Lipinski definition) is 1. The highest BCUT2D eigenvalue weighted by molar-refractivity contribution is 7.90. The summed E-state index contributed by atoms with van der Waals surface area (Å²) in [4.78, 5) is 0.412. The molecule has 0 radical (unpaired) electrons. The van der Waals surface area contributed by atoms with Crippen molar-refractivity contribution in [2.45, 2.75) is 37.1 Å². The Kier molecular flexibility index (Phi) is 3.54. The lowest BCUT2D eigenvalue weighted by atomic mass is 9.94. The Hall–Kier alpha value is -0.870. The zero-order chi connectivity index (χ0) is 12.5. The Balaban J connectivity index is 2.31. The molecule has 1 heterocycles. The third-order valence-electron chi connectivity index (χ3n) is 3.36. The average Bonchev–Trinajstić information content (AvgIpc) is 2.29. The highest BCUT2D eigenvalue weighted by Crippen LogP contribution is 2.27. The second kappa shape index (κ2) is 4.78. The van der Waals surface area contributed by atoms with E-state index in [-0.39, 0.29) is 0 Å². The lowest BCUT2D eigenvalue weighted by molar-refractivity contribution is 0.411. The van der Waals surface area contributed by atoms with Gasteiger partial charge in [0.1, 0.15) is 0 Å². The van der Waals surface area contributed by atoms with Crippen LogP contribution >= 0.6 is 0 Å². The zero-order valence-electron chi connectivity index (χ0n) is 10.4. The molecule has 2 rings (SSSR count). The van der Waals surface area contributed by atoms with Gasteiger partial charge in [-0.3, -0.25) is 0 Å². The first-order valence-corrected chi connectivity index (χ1v) is 7.91. The van der Waals surface area contributed by atoms with Gasteiger partial charge < -0.3 is 5.32 Å². The second-order valence-electron chi connectivity index (χ2n) is 4.79. The van der Waals surface area contributed by atoms with Crippen molar-refractivity contribution in [1.82, 2.24) is 5.32 Å². The van der Waals surface area contributed by atoms with Gasteiger partial charge in [0, 0.05) is 12.3 Å². The van der Waals surface area contributed by atoms with Crippen LogP contribution in [0.15, 0.2) is 23.1 Å². The molecule has 0 aliphatic carbocycles. The van der Waals surface area contributed by atoms with Crippen LogP contribution in [0.25, 0.3) is 0 Å². The normalized spacial score (nSPS) is 21.4. The summed E-state index contributed by atoms with van der Waals surface area (Å²) in [6, 6.07) is 5.83. The molecule has 0 spiro atoms. The first kappa shape index (κ1) is 12.6. The fourth-order valence-electron chi connectivity index (χ4n) is 2.39. The fourth-order valence-corrected chi connectivity index (χ4v) is 3.09. The molecule has 17 heavy (non-hydrogen) atoms. The number of piperidine rings is 1. The Labute approximate surface area is 103 Å². The molecule has 1 aromatic carbocycles. The number of sulfone groups is 1. The molecule has 1 saturated heterocycles. The summed E-state index contributed by atoms with van der Waals surface area (Å²) in [5.74, 6) is 0. The van der Waals surface area contributed by atoms with Gasteiger partial charge in [0.15, 0.2) is 9.84 Å². The van der Waals surface area contributed by atoms with Crippen molar-refractivity contribution in [2.24, 2.45) is 0 Å². The Morgan fingerprint density at radius 3 is 2.59 bits per heavy atom. The second-order valence-corrected chi connectivity index (χ2v) is 6.81. The smallest absolute Gasteiger partial charge is 0.175 e. The molecular formula is C13H19NO2S. The van der Waals surface area contributed by atoms with Crippen LogP contribution in [-0.4, -0.2) is 21.2 Å². The summed E-state index contributed by atoms with van der Waals surface area (Å²) in [5.41, 5.74) is 2.30. The predicted molar refractivity (Wildman–Crippen MR) is 68.9 cm³/mol. The number of nitrogens with one attached hydrogen (secondary N) is 1. The molecule has 1 aliphatic heterocycles. The van der Waals surface area contributed by atoms with E-state index < -0.39 is 9.84 Å². The van der Waals surface area contributed by atoms with E-state index in [9.17, 15) is 8.42 Å². The maximum Gasteiger partial charge on any atom is 0.175 e. The van der Waals surface area contributed by atoms with Crippen LogP contribution in [0, 0.1) is 6.92 Å². The summed E-state index contributed by atoms with van der Waals surface area (Å²) in [6.45, 7) is 3.04. The maximum atomic E-state index is 11.5. The number of aryl methyl sites for hydroxylation is 1. The maximum absolute atomic E-state index is 11.5. The van der Waals surface area contributed by atoms with Crippen LogP contribution in [0.5, 0.6) is 0 Å². The molecule has 1 N–H and O–H groups in total. The summed E-state index contributed by atoms with van der Waals surface area (Å²) in [6.07, 6.45) is 4.86. The fraction of sp³-hybridized carbons (Fsp3) is 0.538. The van der Waals surface area contributed by atoms with E-state index in [1.54, 1.807) is 12.1 Å². The van der Waals surface area contributed by atoms with Crippen LogP contribution in [0.2, 0.25) is 0 Å². The quantitative estimate of drug-likeness (QED) is 0.879. The van der Waals surface area contributed by atoms with Gasteiger partial charge in [-0.1, -0.05) is 12.5 Å². The van der Waals surface area contributed by atoms with Crippen LogP contribution in [0.4, 0.5) is 0 Å². The van der Waals surface area contributed by atoms with Crippen molar-refractivity contribution in [3.05, 3.63) is 29.3 Å². The molecule has 1 atom stereocenters. The molecule has 1 fully saturated rings. The van der Waals surface area contributed by atoms with Crippen molar-refractivity contribution in [3.63, 3.8) is 0 Å². The van der Waals surface area contributed by atoms with Crippen LogP contribution in [0.3, 0.4) is 0 Å². The Bertz CT molecular complexity index is 502. The van der Waals surface area contributed by atoms with E-state index in [1.165, 1.54) is 24.7 Å². The van der Waals surface area contributed by atoms with E-state index in [0.717, 1.165) is 18.5 Å². The van der Waals surface area contributed by atoms with Crippen LogP contribution in [-0.2, 0) is 9.84 Å². The van der Waals surface area contributed by atoms with Crippen LogP contribution in [0.1, 0.15) is 36.4 Å². The van der Waals surface area contributed by atoms with Gasteiger partial charge in [-0.15, -0.1) is 0 Å². The Morgan fingerprint density at radius 2 is 2.06 bits per heavy atom. The van der Waals surface area contributed by atoms with E-state index in [2.05, 4.69) is 5.32 Å². The Morgan fingerprint density at radius 1 is 1.29 bits per heavy atom. The van der Waals surface area contributed by atoms with Crippen LogP contribution < -0.4 is 5.32 Å². The minimum absolute atomic E-state index is 0.386. The SMILES string of the molecule is Cc1cc(S(C)(=O)=O)ccc1C1CCCCN1. The molecule has 4 heteroatoms. The molecule has 94 valence electrons. The topological polar surface area (TPSA) is 46.2 Å². The third-order valence-corrected chi connectivity index (χ3v) is 4.47. The monoisotopic (exact) mass is 253 g/mol. The summed E-state index contributed by atoms with van der Waals surface area (Å²) >= 11 is 0. The summed E-state index contributed by atoms with van der Waals surface area (Å²) in [7, 11) is -3.09. The molecule has 1 unspecified atom stereocenters. The van der Waals surface area contributed by atoms with Crippen molar-refractivity contribution < 1.29 is 8.42 Å². The first-order chi connectivity index (χ1) is 7.98. The number of hydrogen-bond acceptors (Lipinski definition) is 3. The molecule has 0 saturated carbocycles. The highest BCUT2D eigenvalue weighted by Gasteiger charge is 2.17. The summed E-state index contributed by atoms with van der Waals surface area (Å²) < 4.78 is 22.9. The molecule has 1 aromatic rings. The molecule has 3 nitrogen and oxygen atoms in total. The highest BCUT2D eigenvalue weighted by atomic mass is 32.2. The molecule has 1 aliphatic rings. The lowest BCUT2D eigenvalue weighted by Crippen LogP contribution is -2.27. The van der Waals surface area contributed by atoms with Gasteiger partial charge in [-0.25, -0.2) is 8.42 Å².